The van der Waals surface area contributed by atoms with Gasteiger partial charge in [-0.2, -0.15) is 0 Å². The predicted octanol–water partition coefficient (Wildman–Crippen LogP) is 3.55. The van der Waals surface area contributed by atoms with Crippen molar-refractivity contribution < 1.29 is 9.53 Å². The topological polar surface area (TPSA) is 32.8 Å². The number of nitrogens with zero attached hydrogens (tertiary/aromatic N) is 2. The molecule has 1 fully saturated rings. The summed E-state index contributed by atoms with van der Waals surface area (Å²) < 4.78 is 5.89. The highest BCUT2D eigenvalue weighted by Crippen LogP contribution is 2.20. The SMILES string of the molecule is CCN(CC)C(=O)N1CCCC(COc2ccc(C)cc2)C1. The van der Waals surface area contributed by atoms with Crippen LogP contribution in [0.5, 0.6) is 5.75 Å². The quantitative estimate of drug-likeness (QED) is 0.833. The van der Waals surface area contributed by atoms with Gasteiger partial charge in [0.25, 0.3) is 0 Å². The van der Waals surface area contributed by atoms with Gasteiger partial charge in [-0.15, -0.1) is 0 Å². The van der Waals surface area contributed by atoms with E-state index in [2.05, 4.69) is 19.1 Å². The predicted molar refractivity (Wildman–Crippen MR) is 89.3 cm³/mol. The molecule has 0 saturated carbocycles. The van der Waals surface area contributed by atoms with Gasteiger partial charge in [-0.3, -0.25) is 0 Å². The molecule has 1 aromatic carbocycles. The lowest BCUT2D eigenvalue weighted by atomic mass is 9.99. The Morgan fingerprint density at radius 3 is 2.59 bits per heavy atom. The van der Waals surface area contributed by atoms with E-state index < -0.39 is 0 Å². The summed E-state index contributed by atoms with van der Waals surface area (Å²) in [5.41, 5.74) is 1.24. The number of carbonyl (C=O) groups excluding carboxylic acids is 1. The van der Waals surface area contributed by atoms with Crippen molar-refractivity contribution in [3.8, 4) is 5.75 Å². The summed E-state index contributed by atoms with van der Waals surface area (Å²) >= 11 is 0. The molecule has 1 unspecified atom stereocenters. The lowest BCUT2D eigenvalue weighted by Gasteiger charge is -2.35. The lowest BCUT2D eigenvalue weighted by Crippen LogP contribution is -2.48. The first-order chi connectivity index (χ1) is 10.6. The van der Waals surface area contributed by atoms with Crippen LogP contribution >= 0.6 is 0 Å². The molecule has 0 spiro atoms. The molecule has 0 aliphatic carbocycles. The average molecular weight is 304 g/mol. The zero-order valence-corrected chi connectivity index (χ0v) is 14.0. The van der Waals surface area contributed by atoms with Crippen molar-refractivity contribution in [1.29, 1.82) is 0 Å². The average Bonchev–Trinajstić information content (AvgIpc) is 2.55. The molecule has 4 heteroatoms. The lowest BCUT2D eigenvalue weighted by molar-refractivity contribution is 0.114. The van der Waals surface area contributed by atoms with Gasteiger partial charge in [-0.25, -0.2) is 4.79 Å². The third-order valence-electron chi connectivity index (χ3n) is 4.33. The van der Waals surface area contributed by atoms with Crippen molar-refractivity contribution in [2.75, 3.05) is 32.8 Å². The first kappa shape index (κ1) is 16.7. The molecule has 0 N–H and O–H groups in total. The normalized spacial score (nSPS) is 18.1. The van der Waals surface area contributed by atoms with Crippen LogP contribution < -0.4 is 4.74 Å². The van der Waals surface area contributed by atoms with Crippen LogP contribution in [-0.2, 0) is 0 Å². The van der Waals surface area contributed by atoms with Crippen LogP contribution in [0.1, 0.15) is 32.3 Å². The number of piperidine rings is 1. The maximum Gasteiger partial charge on any atom is 0.319 e. The summed E-state index contributed by atoms with van der Waals surface area (Å²) in [6.07, 6.45) is 2.20. The summed E-state index contributed by atoms with van der Waals surface area (Å²) in [4.78, 5) is 16.3. The smallest absolute Gasteiger partial charge is 0.319 e. The minimum Gasteiger partial charge on any atom is -0.493 e. The van der Waals surface area contributed by atoms with Crippen LogP contribution in [0.2, 0.25) is 0 Å². The Kier molecular flexibility index (Phi) is 6.10. The van der Waals surface area contributed by atoms with Crippen LogP contribution in [0.3, 0.4) is 0 Å². The molecule has 1 aliphatic rings. The Bertz CT molecular complexity index is 468. The third-order valence-corrected chi connectivity index (χ3v) is 4.33. The van der Waals surface area contributed by atoms with Gasteiger partial charge in [-0.05, 0) is 45.7 Å². The molecule has 0 aromatic heterocycles. The number of rotatable bonds is 5. The number of urea groups is 1. The summed E-state index contributed by atoms with van der Waals surface area (Å²) in [7, 11) is 0. The summed E-state index contributed by atoms with van der Waals surface area (Å²) in [6, 6.07) is 8.32. The zero-order valence-electron chi connectivity index (χ0n) is 14.0. The highest BCUT2D eigenvalue weighted by Gasteiger charge is 2.26. The first-order valence-electron chi connectivity index (χ1n) is 8.37. The third kappa shape index (κ3) is 4.39. The fraction of sp³-hybridized carbons (Fsp3) is 0.611. The van der Waals surface area contributed by atoms with Gasteiger partial charge in [0.1, 0.15) is 5.75 Å². The molecule has 1 atom stereocenters. The number of likely N-dealkylation sites (tertiary alicyclic amines) is 1. The Balaban J connectivity index is 1.85. The van der Waals surface area contributed by atoms with Crippen molar-refractivity contribution >= 4 is 6.03 Å². The number of benzene rings is 1. The molecule has 1 aliphatic heterocycles. The largest absolute Gasteiger partial charge is 0.493 e. The number of ether oxygens (including phenoxy) is 1. The molecule has 1 heterocycles. The molecule has 2 rings (SSSR count). The van der Waals surface area contributed by atoms with Gasteiger partial charge in [0.15, 0.2) is 0 Å². The monoisotopic (exact) mass is 304 g/mol. The summed E-state index contributed by atoms with van der Waals surface area (Å²) in [6.45, 7) is 10.0. The molecule has 0 radical (unpaired) electrons. The Hall–Kier alpha value is -1.71. The van der Waals surface area contributed by atoms with E-state index in [0.29, 0.717) is 12.5 Å². The second-order valence-corrected chi connectivity index (χ2v) is 6.03. The molecule has 0 bridgehead atoms. The number of hydrogen-bond acceptors (Lipinski definition) is 2. The minimum absolute atomic E-state index is 0.171. The van der Waals surface area contributed by atoms with Gasteiger partial charge in [-0.1, -0.05) is 17.7 Å². The second kappa shape index (κ2) is 8.06. The summed E-state index contributed by atoms with van der Waals surface area (Å²) in [5.74, 6) is 1.34. The Labute approximate surface area is 134 Å². The highest BCUT2D eigenvalue weighted by atomic mass is 16.5. The number of aryl methyl sites for hydroxylation is 1. The Morgan fingerprint density at radius 2 is 1.95 bits per heavy atom. The molecule has 1 aromatic rings. The van der Waals surface area contributed by atoms with Crippen LogP contribution in [-0.4, -0.2) is 48.6 Å². The van der Waals surface area contributed by atoms with Gasteiger partial charge in [0, 0.05) is 32.1 Å². The van der Waals surface area contributed by atoms with Crippen LogP contribution in [0.4, 0.5) is 4.79 Å². The van der Waals surface area contributed by atoms with Gasteiger partial charge in [0.2, 0.25) is 0 Å². The van der Waals surface area contributed by atoms with E-state index in [4.69, 9.17) is 4.74 Å². The number of carbonyl (C=O) groups is 1. The number of amides is 2. The standard InChI is InChI=1S/C18H28N2O2/c1-4-19(5-2)18(21)20-12-6-7-16(13-20)14-22-17-10-8-15(3)9-11-17/h8-11,16H,4-7,12-14H2,1-3H3. The second-order valence-electron chi connectivity index (χ2n) is 6.03. The van der Waals surface area contributed by atoms with Crippen molar-refractivity contribution in [2.45, 2.75) is 33.6 Å². The van der Waals surface area contributed by atoms with E-state index in [0.717, 1.165) is 44.8 Å². The van der Waals surface area contributed by atoms with Crippen molar-refractivity contribution in [1.82, 2.24) is 9.80 Å². The Morgan fingerprint density at radius 1 is 1.27 bits per heavy atom. The molecule has 22 heavy (non-hydrogen) atoms. The van der Waals surface area contributed by atoms with Crippen molar-refractivity contribution in [2.24, 2.45) is 5.92 Å². The van der Waals surface area contributed by atoms with Crippen LogP contribution in [0, 0.1) is 12.8 Å². The van der Waals surface area contributed by atoms with Crippen molar-refractivity contribution in [3.05, 3.63) is 29.8 Å². The van der Waals surface area contributed by atoms with Crippen LogP contribution in [0.15, 0.2) is 24.3 Å². The fourth-order valence-electron chi connectivity index (χ4n) is 2.92. The van der Waals surface area contributed by atoms with E-state index in [1.54, 1.807) is 0 Å². The van der Waals surface area contributed by atoms with E-state index in [9.17, 15) is 4.79 Å². The van der Waals surface area contributed by atoms with E-state index in [-0.39, 0.29) is 6.03 Å². The van der Waals surface area contributed by atoms with Gasteiger partial charge >= 0.3 is 6.03 Å². The van der Waals surface area contributed by atoms with E-state index in [1.807, 2.05) is 35.8 Å². The molecule has 1 saturated heterocycles. The molecule has 4 nitrogen and oxygen atoms in total. The van der Waals surface area contributed by atoms with Crippen LogP contribution in [0.25, 0.3) is 0 Å². The number of hydrogen-bond donors (Lipinski definition) is 0. The fourth-order valence-corrected chi connectivity index (χ4v) is 2.92. The maximum atomic E-state index is 12.4. The van der Waals surface area contributed by atoms with Gasteiger partial charge < -0.3 is 14.5 Å². The first-order valence-corrected chi connectivity index (χ1v) is 8.37. The zero-order chi connectivity index (χ0) is 15.9. The molecule has 2 amide bonds. The molecule has 122 valence electrons. The highest BCUT2D eigenvalue weighted by molar-refractivity contribution is 5.74. The van der Waals surface area contributed by atoms with Gasteiger partial charge in [0.05, 0.1) is 6.61 Å². The minimum atomic E-state index is 0.171. The van der Waals surface area contributed by atoms with E-state index in [1.165, 1.54) is 5.56 Å². The maximum absolute atomic E-state index is 12.4. The molecular formula is C18H28N2O2. The molecular weight excluding hydrogens is 276 g/mol. The van der Waals surface area contributed by atoms with Crippen molar-refractivity contribution in [3.63, 3.8) is 0 Å². The van der Waals surface area contributed by atoms with E-state index >= 15 is 0 Å². The summed E-state index contributed by atoms with van der Waals surface area (Å²) in [5, 5.41) is 0.